The number of methoxy groups -OCH3 is 1. The van der Waals surface area contributed by atoms with E-state index in [1.165, 1.54) is 0 Å². The third-order valence-electron chi connectivity index (χ3n) is 5.44. The van der Waals surface area contributed by atoms with Crippen LogP contribution in [-0.4, -0.2) is 43.7 Å². The van der Waals surface area contributed by atoms with Gasteiger partial charge in [-0.1, -0.05) is 32.9 Å². The summed E-state index contributed by atoms with van der Waals surface area (Å²) >= 11 is 0. The van der Waals surface area contributed by atoms with Crippen LogP contribution in [0.4, 0.5) is 5.69 Å². The van der Waals surface area contributed by atoms with Gasteiger partial charge in [-0.25, -0.2) is 4.98 Å². The normalized spacial score (nSPS) is 17.0. The first-order valence-electron chi connectivity index (χ1n) is 11.0. The molecule has 0 aliphatic carbocycles. The molecule has 0 bridgehead atoms. The van der Waals surface area contributed by atoms with Gasteiger partial charge in [0.1, 0.15) is 17.6 Å². The molecule has 6 heteroatoms. The summed E-state index contributed by atoms with van der Waals surface area (Å²) in [7, 11) is 1.65. The van der Waals surface area contributed by atoms with Crippen molar-refractivity contribution in [2.24, 2.45) is 5.92 Å². The SMILES string of the molecule is COc1c(N2CC[C@@H](Oc3ccc([C@H](C)CC(C)=O)cc3)C2)ccnc1OCC(C)C. The number of carbonyl (C=O) groups excluding carboxylic acids is 1. The molecular formula is C25H34N2O4. The lowest BCUT2D eigenvalue weighted by molar-refractivity contribution is -0.117. The van der Waals surface area contributed by atoms with E-state index in [0.29, 0.717) is 30.6 Å². The molecule has 2 heterocycles. The Balaban J connectivity index is 1.63. The highest BCUT2D eigenvalue weighted by Crippen LogP contribution is 2.37. The third-order valence-corrected chi connectivity index (χ3v) is 5.44. The highest BCUT2D eigenvalue weighted by molar-refractivity contribution is 5.76. The minimum Gasteiger partial charge on any atom is -0.490 e. The minimum atomic E-state index is 0.0957. The lowest BCUT2D eigenvalue weighted by Crippen LogP contribution is -2.25. The Kier molecular flexibility index (Phi) is 7.77. The Morgan fingerprint density at radius 2 is 1.94 bits per heavy atom. The van der Waals surface area contributed by atoms with Crippen LogP contribution in [0.15, 0.2) is 36.5 Å². The molecular weight excluding hydrogens is 392 g/mol. The summed E-state index contributed by atoms with van der Waals surface area (Å²) < 4.78 is 17.7. The number of hydrogen-bond donors (Lipinski definition) is 0. The lowest BCUT2D eigenvalue weighted by Gasteiger charge is -2.22. The molecule has 31 heavy (non-hydrogen) atoms. The topological polar surface area (TPSA) is 60.9 Å². The fraction of sp³-hybridized carbons (Fsp3) is 0.520. The molecule has 1 aromatic carbocycles. The first kappa shape index (κ1) is 22.9. The van der Waals surface area contributed by atoms with Crippen LogP contribution in [0.1, 0.15) is 52.0 Å². The average Bonchev–Trinajstić information content (AvgIpc) is 3.20. The number of Topliss-reactive ketones (excluding diaryl/α,β-unsaturated/α-hetero) is 1. The fourth-order valence-corrected chi connectivity index (χ4v) is 3.87. The minimum absolute atomic E-state index is 0.0957. The lowest BCUT2D eigenvalue weighted by atomic mass is 9.96. The summed E-state index contributed by atoms with van der Waals surface area (Å²) in [5.41, 5.74) is 2.14. The number of ether oxygens (including phenoxy) is 3. The van der Waals surface area contributed by atoms with Gasteiger partial charge in [0, 0.05) is 25.6 Å². The van der Waals surface area contributed by atoms with Crippen molar-refractivity contribution < 1.29 is 19.0 Å². The van der Waals surface area contributed by atoms with E-state index in [2.05, 4.69) is 42.8 Å². The van der Waals surface area contributed by atoms with Crippen molar-refractivity contribution in [3.8, 4) is 17.4 Å². The molecule has 1 aliphatic rings. The predicted octanol–water partition coefficient (Wildman–Crippen LogP) is 4.87. The highest BCUT2D eigenvalue weighted by Gasteiger charge is 2.28. The smallest absolute Gasteiger partial charge is 0.259 e. The van der Waals surface area contributed by atoms with Gasteiger partial charge in [0.05, 0.1) is 25.9 Å². The average molecular weight is 427 g/mol. The van der Waals surface area contributed by atoms with Crippen molar-refractivity contribution in [3.63, 3.8) is 0 Å². The Hall–Kier alpha value is -2.76. The molecule has 3 rings (SSSR count). The highest BCUT2D eigenvalue weighted by atomic mass is 16.5. The van der Waals surface area contributed by atoms with E-state index in [9.17, 15) is 4.79 Å². The second-order valence-electron chi connectivity index (χ2n) is 8.72. The quantitative estimate of drug-likeness (QED) is 0.540. The molecule has 2 atom stereocenters. The van der Waals surface area contributed by atoms with E-state index in [-0.39, 0.29) is 17.8 Å². The Labute approximate surface area is 185 Å². The third kappa shape index (κ3) is 6.12. The number of hydrogen-bond acceptors (Lipinski definition) is 6. The zero-order valence-electron chi connectivity index (χ0n) is 19.3. The first-order valence-corrected chi connectivity index (χ1v) is 11.0. The van der Waals surface area contributed by atoms with Gasteiger partial charge < -0.3 is 23.9 Å². The first-order chi connectivity index (χ1) is 14.9. The molecule has 168 valence electrons. The molecule has 0 radical (unpaired) electrons. The van der Waals surface area contributed by atoms with Gasteiger partial charge in [-0.2, -0.15) is 0 Å². The van der Waals surface area contributed by atoms with E-state index in [0.717, 1.165) is 36.5 Å². The summed E-state index contributed by atoms with van der Waals surface area (Å²) in [6.45, 7) is 10.2. The Morgan fingerprint density at radius 1 is 1.19 bits per heavy atom. The summed E-state index contributed by atoms with van der Waals surface area (Å²) in [5, 5.41) is 0. The molecule has 6 nitrogen and oxygen atoms in total. The zero-order valence-corrected chi connectivity index (χ0v) is 19.3. The second kappa shape index (κ2) is 10.5. The predicted molar refractivity (Wildman–Crippen MR) is 123 cm³/mol. The van der Waals surface area contributed by atoms with Crippen LogP contribution in [0.2, 0.25) is 0 Å². The summed E-state index contributed by atoms with van der Waals surface area (Å²) in [6, 6.07) is 10.1. The van der Waals surface area contributed by atoms with Crippen LogP contribution in [0.3, 0.4) is 0 Å². The summed E-state index contributed by atoms with van der Waals surface area (Å²) in [5.74, 6) is 2.91. The van der Waals surface area contributed by atoms with Crippen LogP contribution in [0.25, 0.3) is 0 Å². The van der Waals surface area contributed by atoms with Crippen LogP contribution >= 0.6 is 0 Å². The maximum Gasteiger partial charge on any atom is 0.259 e. The van der Waals surface area contributed by atoms with Gasteiger partial charge >= 0.3 is 0 Å². The van der Waals surface area contributed by atoms with Gasteiger partial charge in [0.15, 0.2) is 0 Å². The van der Waals surface area contributed by atoms with Gasteiger partial charge in [0.2, 0.25) is 5.75 Å². The summed E-state index contributed by atoms with van der Waals surface area (Å²) in [4.78, 5) is 18.0. The van der Waals surface area contributed by atoms with Crippen LogP contribution < -0.4 is 19.1 Å². The van der Waals surface area contributed by atoms with Gasteiger partial charge in [-0.3, -0.25) is 0 Å². The van der Waals surface area contributed by atoms with E-state index in [4.69, 9.17) is 14.2 Å². The van der Waals surface area contributed by atoms with Crippen molar-refractivity contribution in [1.82, 2.24) is 4.98 Å². The molecule has 1 saturated heterocycles. The molecule has 0 unspecified atom stereocenters. The van der Waals surface area contributed by atoms with Gasteiger partial charge in [-0.05, 0) is 42.5 Å². The maximum absolute atomic E-state index is 11.4. The number of anilines is 1. The molecule has 2 aromatic rings. The number of ketones is 1. The van der Waals surface area contributed by atoms with Crippen molar-refractivity contribution in [1.29, 1.82) is 0 Å². The molecule has 0 amide bonds. The van der Waals surface area contributed by atoms with Crippen LogP contribution in [0.5, 0.6) is 17.4 Å². The maximum atomic E-state index is 11.4. The van der Waals surface area contributed by atoms with E-state index in [1.807, 2.05) is 18.2 Å². The molecule has 1 aromatic heterocycles. The van der Waals surface area contributed by atoms with E-state index < -0.39 is 0 Å². The number of rotatable bonds is 10. The van der Waals surface area contributed by atoms with E-state index in [1.54, 1.807) is 20.2 Å². The van der Waals surface area contributed by atoms with Crippen LogP contribution in [0, 0.1) is 5.92 Å². The Morgan fingerprint density at radius 3 is 2.58 bits per heavy atom. The number of benzene rings is 1. The number of nitrogens with zero attached hydrogens (tertiary/aromatic N) is 2. The van der Waals surface area contributed by atoms with Crippen molar-refractivity contribution in [2.45, 2.75) is 52.6 Å². The monoisotopic (exact) mass is 426 g/mol. The van der Waals surface area contributed by atoms with Crippen LogP contribution in [-0.2, 0) is 4.79 Å². The fourth-order valence-electron chi connectivity index (χ4n) is 3.87. The van der Waals surface area contributed by atoms with Crippen molar-refractivity contribution in [3.05, 3.63) is 42.1 Å². The molecule has 0 N–H and O–H groups in total. The van der Waals surface area contributed by atoms with E-state index >= 15 is 0 Å². The van der Waals surface area contributed by atoms with Crippen molar-refractivity contribution in [2.75, 3.05) is 31.7 Å². The summed E-state index contributed by atoms with van der Waals surface area (Å²) in [6.07, 6.45) is 3.35. The molecule has 0 spiro atoms. The number of aromatic nitrogens is 1. The molecule has 1 aliphatic heterocycles. The number of carbonyl (C=O) groups is 1. The van der Waals surface area contributed by atoms with Gasteiger partial charge in [-0.15, -0.1) is 0 Å². The standard InChI is InChI=1S/C25H34N2O4/c1-17(2)16-30-25-24(29-5)23(10-12-26-25)27-13-11-22(15-27)31-21-8-6-20(7-9-21)18(3)14-19(4)28/h6-10,12,17-18,22H,11,13-16H2,1-5H3/t18-,22-/m1/s1. The Bertz CT molecular complexity index is 866. The number of pyridine rings is 1. The van der Waals surface area contributed by atoms with Gasteiger partial charge in [0.25, 0.3) is 5.88 Å². The largest absolute Gasteiger partial charge is 0.490 e. The zero-order chi connectivity index (χ0) is 22.4. The molecule has 0 saturated carbocycles. The van der Waals surface area contributed by atoms with Crippen molar-refractivity contribution >= 4 is 11.5 Å². The molecule has 1 fully saturated rings. The second-order valence-corrected chi connectivity index (χ2v) is 8.72.